The van der Waals surface area contributed by atoms with Gasteiger partial charge in [0, 0.05) is 0 Å². The topological polar surface area (TPSA) is 52.6 Å². The lowest BCUT2D eigenvalue weighted by Gasteiger charge is -2.26. The van der Waals surface area contributed by atoms with E-state index in [9.17, 15) is 9.59 Å². The van der Waals surface area contributed by atoms with Crippen molar-refractivity contribution in [3.05, 3.63) is 0 Å². The Morgan fingerprint density at radius 2 is 1.44 bits per heavy atom. The van der Waals surface area contributed by atoms with Crippen LogP contribution in [0, 0.1) is 17.8 Å². The van der Waals surface area contributed by atoms with E-state index < -0.39 is 0 Å². The maximum absolute atomic E-state index is 12.2. The molecule has 0 aromatic heterocycles. The number of carbonyl (C=O) groups is 2. The van der Waals surface area contributed by atoms with Crippen LogP contribution in [0.3, 0.4) is 0 Å². The summed E-state index contributed by atoms with van der Waals surface area (Å²) in [6, 6.07) is 0. The molecule has 4 heteroatoms. The highest BCUT2D eigenvalue weighted by molar-refractivity contribution is 5.76. The number of unbranched alkanes of at least 4 members (excludes halogenated alkanes) is 4. The van der Waals surface area contributed by atoms with Crippen molar-refractivity contribution in [2.45, 2.75) is 91.4 Å². The third-order valence-corrected chi connectivity index (χ3v) is 5.00. The zero-order valence-electron chi connectivity index (χ0n) is 16.6. The molecular formula is C21H38O4. The molecule has 1 rings (SSSR count). The Labute approximate surface area is 154 Å². The molecule has 1 aliphatic carbocycles. The van der Waals surface area contributed by atoms with Crippen LogP contribution in [0.25, 0.3) is 0 Å². The first kappa shape index (κ1) is 22.0. The van der Waals surface area contributed by atoms with Gasteiger partial charge < -0.3 is 9.47 Å². The fourth-order valence-corrected chi connectivity index (χ4v) is 3.35. The fourth-order valence-electron chi connectivity index (χ4n) is 3.35. The second-order valence-electron chi connectivity index (χ2n) is 7.85. The molecule has 0 saturated heterocycles. The first-order chi connectivity index (χ1) is 12.0. The highest BCUT2D eigenvalue weighted by Gasteiger charge is 2.32. The maximum Gasteiger partial charge on any atom is 0.308 e. The summed E-state index contributed by atoms with van der Waals surface area (Å²) in [5, 5.41) is 0. The van der Waals surface area contributed by atoms with Crippen molar-refractivity contribution in [2.75, 3.05) is 13.2 Å². The summed E-state index contributed by atoms with van der Waals surface area (Å²) in [6.45, 7) is 7.59. The Morgan fingerprint density at radius 3 is 2.00 bits per heavy atom. The Bertz CT molecular complexity index is 378. The van der Waals surface area contributed by atoms with Gasteiger partial charge in [-0.1, -0.05) is 59.3 Å². The third-order valence-electron chi connectivity index (χ3n) is 5.00. The van der Waals surface area contributed by atoms with Crippen molar-refractivity contribution < 1.29 is 19.1 Å². The predicted molar refractivity (Wildman–Crippen MR) is 100 cm³/mol. The predicted octanol–water partition coefficient (Wildman–Crippen LogP) is 5.29. The van der Waals surface area contributed by atoms with Gasteiger partial charge in [-0.05, 0) is 38.0 Å². The van der Waals surface area contributed by atoms with E-state index in [1.165, 1.54) is 19.3 Å². The van der Waals surface area contributed by atoms with Crippen molar-refractivity contribution in [2.24, 2.45) is 17.8 Å². The van der Waals surface area contributed by atoms with Gasteiger partial charge in [0.15, 0.2) is 0 Å². The van der Waals surface area contributed by atoms with Crippen LogP contribution in [0.1, 0.15) is 91.4 Å². The van der Waals surface area contributed by atoms with Crippen LogP contribution < -0.4 is 0 Å². The van der Waals surface area contributed by atoms with Crippen LogP contribution >= 0.6 is 0 Å². The minimum Gasteiger partial charge on any atom is -0.465 e. The maximum atomic E-state index is 12.2. The average Bonchev–Trinajstić information content (AvgIpc) is 2.60. The second kappa shape index (κ2) is 13.2. The molecule has 2 unspecified atom stereocenters. The number of carbonyl (C=O) groups excluding carboxylic acids is 2. The number of hydrogen-bond donors (Lipinski definition) is 0. The van der Waals surface area contributed by atoms with Gasteiger partial charge in [-0.2, -0.15) is 0 Å². The van der Waals surface area contributed by atoms with E-state index in [0.717, 1.165) is 50.9 Å². The quantitative estimate of drug-likeness (QED) is 0.353. The summed E-state index contributed by atoms with van der Waals surface area (Å²) in [7, 11) is 0. The molecule has 0 aromatic rings. The van der Waals surface area contributed by atoms with E-state index >= 15 is 0 Å². The minimum atomic E-state index is -0.129. The SMILES string of the molecule is CCCCOC(=O)C1CCCC(C(=O)OCCCCCCC(C)C)C1. The van der Waals surface area contributed by atoms with Crippen LogP contribution in [0.4, 0.5) is 0 Å². The molecule has 0 N–H and O–H groups in total. The Hall–Kier alpha value is -1.06. The van der Waals surface area contributed by atoms with Gasteiger partial charge in [-0.3, -0.25) is 9.59 Å². The third kappa shape index (κ3) is 9.86. The van der Waals surface area contributed by atoms with Crippen molar-refractivity contribution in [3.8, 4) is 0 Å². The van der Waals surface area contributed by atoms with Gasteiger partial charge in [0.2, 0.25) is 0 Å². The van der Waals surface area contributed by atoms with Crippen molar-refractivity contribution in [3.63, 3.8) is 0 Å². The van der Waals surface area contributed by atoms with Gasteiger partial charge in [-0.15, -0.1) is 0 Å². The first-order valence-electron chi connectivity index (χ1n) is 10.4. The van der Waals surface area contributed by atoms with Gasteiger partial charge in [0.05, 0.1) is 25.0 Å². The van der Waals surface area contributed by atoms with Crippen LogP contribution in [-0.4, -0.2) is 25.2 Å². The van der Waals surface area contributed by atoms with E-state index in [2.05, 4.69) is 20.8 Å². The van der Waals surface area contributed by atoms with Crippen LogP contribution in [-0.2, 0) is 19.1 Å². The molecule has 0 heterocycles. The molecule has 0 amide bonds. The van der Waals surface area contributed by atoms with Crippen LogP contribution in [0.5, 0.6) is 0 Å². The second-order valence-corrected chi connectivity index (χ2v) is 7.85. The molecule has 0 bridgehead atoms. The number of esters is 2. The van der Waals surface area contributed by atoms with Crippen LogP contribution in [0.15, 0.2) is 0 Å². The Kier molecular flexibility index (Phi) is 11.6. The summed E-state index contributed by atoms with van der Waals surface area (Å²) >= 11 is 0. The smallest absolute Gasteiger partial charge is 0.308 e. The zero-order valence-corrected chi connectivity index (χ0v) is 16.6. The monoisotopic (exact) mass is 354 g/mol. The molecule has 1 saturated carbocycles. The van der Waals surface area contributed by atoms with E-state index in [0.29, 0.717) is 19.6 Å². The summed E-state index contributed by atoms with van der Waals surface area (Å²) in [5.41, 5.74) is 0. The highest BCUT2D eigenvalue weighted by atomic mass is 16.5. The van der Waals surface area contributed by atoms with E-state index in [4.69, 9.17) is 9.47 Å². The summed E-state index contributed by atoms with van der Waals surface area (Å²) in [5.74, 6) is 0.271. The molecule has 2 atom stereocenters. The Morgan fingerprint density at radius 1 is 0.880 bits per heavy atom. The van der Waals surface area contributed by atoms with Gasteiger partial charge in [0.25, 0.3) is 0 Å². The molecule has 25 heavy (non-hydrogen) atoms. The number of rotatable bonds is 12. The molecular weight excluding hydrogens is 316 g/mol. The summed E-state index contributed by atoms with van der Waals surface area (Å²) in [6.07, 6.45) is 10.9. The minimum absolute atomic E-state index is 0.117. The van der Waals surface area contributed by atoms with Gasteiger partial charge in [-0.25, -0.2) is 0 Å². The van der Waals surface area contributed by atoms with E-state index in [-0.39, 0.29) is 23.8 Å². The number of hydrogen-bond acceptors (Lipinski definition) is 4. The van der Waals surface area contributed by atoms with Gasteiger partial charge in [0.1, 0.15) is 0 Å². The Balaban J connectivity index is 2.16. The van der Waals surface area contributed by atoms with Gasteiger partial charge >= 0.3 is 11.9 Å². The summed E-state index contributed by atoms with van der Waals surface area (Å²) < 4.78 is 10.8. The molecule has 0 aliphatic heterocycles. The van der Waals surface area contributed by atoms with Crippen molar-refractivity contribution in [1.82, 2.24) is 0 Å². The van der Waals surface area contributed by atoms with Crippen LogP contribution in [0.2, 0.25) is 0 Å². The molecule has 146 valence electrons. The molecule has 0 spiro atoms. The van der Waals surface area contributed by atoms with E-state index in [1.54, 1.807) is 0 Å². The van der Waals surface area contributed by atoms with E-state index in [1.807, 2.05) is 0 Å². The molecule has 0 radical (unpaired) electrons. The van der Waals surface area contributed by atoms with Crippen molar-refractivity contribution >= 4 is 11.9 Å². The molecule has 1 fully saturated rings. The molecule has 0 aromatic carbocycles. The average molecular weight is 355 g/mol. The first-order valence-corrected chi connectivity index (χ1v) is 10.4. The number of ether oxygens (including phenoxy) is 2. The highest BCUT2D eigenvalue weighted by Crippen LogP contribution is 2.31. The standard InChI is InChI=1S/C21H38O4/c1-4-5-14-24-20(22)18-12-10-13-19(16-18)21(23)25-15-9-7-6-8-11-17(2)3/h17-19H,4-16H2,1-3H3. The van der Waals surface area contributed by atoms with Crippen molar-refractivity contribution in [1.29, 1.82) is 0 Å². The molecule has 1 aliphatic rings. The lowest BCUT2D eigenvalue weighted by Crippen LogP contribution is -2.30. The normalized spacial score (nSPS) is 20.5. The lowest BCUT2D eigenvalue weighted by atomic mass is 9.81. The summed E-state index contributed by atoms with van der Waals surface area (Å²) in [4.78, 5) is 24.3. The largest absolute Gasteiger partial charge is 0.465 e. The molecule has 4 nitrogen and oxygen atoms in total. The lowest BCUT2D eigenvalue weighted by molar-refractivity contribution is -0.155. The zero-order chi connectivity index (χ0) is 18.5. The fraction of sp³-hybridized carbons (Fsp3) is 0.905.